The van der Waals surface area contributed by atoms with Gasteiger partial charge in [-0.25, -0.2) is 8.42 Å². The molecule has 6 nitrogen and oxygen atoms in total. The van der Waals surface area contributed by atoms with Gasteiger partial charge in [0, 0.05) is 13.1 Å². The zero-order valence-electron chi connectivity index (χ0n) is 21.1. The highest BCUT2D eigenvalue weighted by Crippen LogP contribution is 2.28. The maximum atomic E-state index is 13.6. The van der Waals surface area contributed by atoms with Crippen molar-refractivity contribution in [2.75, 3.05) is 23.9 Å². The highest BCUT2D eigenvalue weighted by atomic mass is 32.2. The summed E-state index contributed by atoms with van der Waals surface area (Å²) in [6, 6.07) is 21.9. The van der Waals surface area contributed by atoms with Crippen molar-refractivity contribution in [1.82, 2.24) is 10.2 Å². The predicted molar refractivity (Wildman–Crippen MR) is 144 cm³/mol. The van der Waals surface area contributed by atoms with Crippen LogP contribution in [-0.2, 0) is 27.9 Å². The van der Waals surface area contributed by atoms with Crippen molar-refractivity contribution in [3.05, 3.63) is 95.1 Å². The molecule has 0 bridgehead atoms. The lowest BCUT2D eigenvalue weighted by molar-refractivity contribution is -0.119. The van der Waals surface area contributed by atoms with Crippen LogP contribution in [0.25, 0.3) is 0 Å². The van der Waals surface area contributed by atoms with E-state index in [2.05, 4.69) is 16.3 Å². The summed E-state index contributed by atoms with van der Waals surface area (Å²) in [5, 5.41) is 2.97. The van der Waals surface area contributed by atoms with Crippen LogP contribution in [0.1, 0.15) is 41.5 Å². The van der Waals surface area contributed by atoms with E-state index >= 15 is 0 Å². The Bertz CT molecular complexity index is 1290. The number of nitrogens with zero attached hydrogens (tertiary/aromatic N) is 2. The maximum absolute atomic E-state index is 13.6. The van der Waals surface area contributed by atoms with Crippen molar-refractivity contribution in [2.45, 2.75) is 51.1 Å². The van der Waals surface area contributed by atoms with E-state index in [9.17, 15) is 13.2 Å². The minimum atomic E-state index is -3.93. The summed E-state index contributed by atoms with van der Waals surface area (Å²) < 4.78 is 28.5. The number of aryl methyl sites for hydroxylation is 1. The summed E-state index contributed by atoms with van der Waals surface area (Å²) in [4.78, 5) is 15.8. The van der Waals surface area contributed by atoms with Gasteiger partial charge in [-0.3, -0.25) is 14.0 Å². The van der Waals surface area contributed by atoms with Gasteiger partial charge in [0.15, 0.2) is 0 Å². The molecular weight excluding hydrogens is 470 g/mol. The fraction of sp³-hybridized carbons (Fsp3) is 0.345. The summed E-state index contributed by atoms with van der Waals surface area (Å²) >= 11 is 0. The molecule has 4 rings (SSSR count). The van der Waals surface area contributed by atoms with Crippen molar-refractivity contribution in [3.8, 4) is 0 Å². The number of sulfonamides is 1. The van der Waals surface area contributed by atoms with Gasteiger partial charge in [-0.2, -0.15) is 0 Å². The topological polar surface area (TPSA) is 69.7 Å². The van der Waals surface area contributed by atoms with E-state index in [0.717, 1.165) is 36.3 Å². The average molecular weight is 506 g/mol. The Morgan fingerprint density at radius 3 is 2.25 bits per heavy atom. The van der Waals surface area contributed by atoms with Crippen LogP contribution in [0, 0.1) is 13.8 Å². The first kappa shape index (κ1) is 25.9. The number of amides is 1. The van der Waals surface area contributed by atoms with E-state index < -0.39 is 10.0 Å². The Morgan fingerprint density at radius 1 is 0.861 bits per heavy atom. The summed E-state index contributed by atoms with van der Waals surface area (Å²) in [6.07, 6.45) is 3.74. The second-order valence-electron chi connectivity index (χ2n) is 9.43. The summed E-state index contributed by atoms with van der Waals surface area (Å²) in [5.41, 5.74) is 4.56. The Kier molecular flexibility index (Phi) is 8.44. The molecule has 0 radical (unpaired) electrons. The van der Waals surface area contributed by atoms with Crippen molar-refractivity contribution >= 4 is 21.6 Å². The molecule has 0 unspecified atom stereocenters. The SMILES string of the molecule is Cc1cccc(N(CC(=O)NCc2ccccc2CN2CCCCC2)S(=O)(=O)c2ccccc2)c1C. The molecule has 1 aliphatic heterocycles. The molecular formula is C29H35N3O3S. The van der Waals surface area contributed by atoms with Gasteiger partial charge < -0.3 is 5.32 Å². The highest BCUT2D eigenvalue weighted by molar-refractivity contribution is 7.92. The molecule has 1 fully saturated rings. The number of hydrogen-bond donors (Lipinski definition) is 1. The van der Waals surface area contributed by atoms with Crippen LogP contribution in [0.3, 0.4) is 0 Å². The molecule has 36 heavy (non-hydrogen) atoms. The normalized spacial score (nSPS) is 14.4. The van der Waals surface area contributed by atoms with E-state index in [1.807, 2.05) is 44.2 Å². The van der Waals surface area contributed by atoms with E-state index in [0.29, 0.717) is 12.2 Å². The van der Waals surface area contributed by atoms with Crippen molar-refractivity contribution < 1.29 is 13.2 Å². The molecule has 0 atom stereocenters. The Morgan fingerprint density at radius 2 is 1.53 bits per heavy atom. The van der Waals surface area contributed by atoms with Gasteiger partial charge in [-0.15, -0.1) is 0 Å². The highest BCUT2D eigenvalue weighted by Gasteiger charge is 2.28. The first-order chi connectivity index (χ1) is 17.4. The number of rotatable bonds is 9. The maximum Gasteiger partial charge on any atom is 0.264 e. The number of carbonyl (C=O) groups excluding carboxylic acids is 1. The van der Waals surface area contributed by atoms with Crippen LogP contribution in [0.15, 0.2) is 77.7 Å². The van der Waals surface area contributed by atoms with E-state index in [1.54, 1.807) is 36.4 Å². The van der Waals surface area contributed by atoms with Gasteiger partial charge in [0.05, 0.1) is 10.6 Å². The number of benzene rings is 3. The van der Waals surface area contributed by atoms with Crippen molar-refractivity contribution in [2.24, 2.45) is 0 Å². The third kappa shape index (κ3) is 6.15. The summed E-state index contributed by atoms with van der Waals surface area (Å²) in [5.74, 6) is -0.344. The number of hydrogen-bond acceptors (Lipinski definition) is 4. The fourth-order valence-corrected chi connectivity index (χ4v) is 6.15. The van der Waals surface area contributed by atoms with Gasteiger partial charge in [-0.05, 0) is 80.2 Å². The van der Waals surface area contributed by atoms with E-state index in [-0.39, 0.29) is 17.3 Å². The van der Waals surface area contributed by atoms with Crippen LogP contribution < -0.4 is 9.62 Å². The molecule has 0 saturated carbocycles. The third-order valence-corrected chi connectivity index (χ3v) is 8.67. The van der Waals surface area contributed by atoms with Crippen LogP contribution in [0.2, 0.25) is 0 Å². The molecule has 1 N–H and O–H groups in total. The van der Waals surface area contributed by atoms with Gasteiger partial charge in [0.2, 0.25) is 5.91 Å². The largest absolute Gasteiger partial charge is 0.350 e. The number of likely N-dealkylation sites (tertiary alicyclic amines) is 1. The van der Waals surface area contributed by atoms with Crippen molar-refractivity contribution in [1.29, 1.82) is 0 Å². The van der Waals surface area contributed by atoms with Gasteiger partial charge >= 0.3 is 0 Å². The Labute approximate surface area is 215 Å². The van der Waals surface area contributed by atoms with Gasteiger partial charge in [0.1, 0.15) is 6.54 Å². The molecule has 7 heteroatoms. The molecule has 190 valence electrons. The lowest BCUT2D eigenvalue weighted by atomic mass is 10.0. The lowest BCUT2D eigenvalue weighted by Crippen LogP contribution is -2.41. The quantitative estimate of drug-likeness (QED) is 0.454. The average Bonchev–Trinajstić information content (AvgIpc) is 2.89. The smallest absolute Gasteiger partial charge is 0.264 e. The zero-order chi connectivity index (χ0) is 25.5. The number of nitrogens with one attached hydrogen (secondary N) is 1. The summed E-state index contributed by atoms with van der Waals surface area (Å²) in [6.45, 7) is 6.94. The van der Waals surface area contributed by atoms with Gasteiger partial charge in [0.25, 0.3) is 10.0 Å². The van der Waals surface area contributed by atoms with Crippen LogP contribution >= 0.6 is 0 Å². The third-order valence-electron chi connectivity index (χ3n) is 6.90. The standard InChI is InChI=1S/C29H35N3O3S/c1-23-12-11-17-28(24(23)2)32(36(34,35)27-15-5-3-6-16-27)22-29(33)30-20-25-13-7-8-14-26(25)21-31-18-9-4-10-19-31/h3,5-8,11-17H,4,9-10,18-22H2,1-2H3,(H,30,33). The number of carbonyl (C=O) groups is 1. The second-order valence-corrected chi connectivity index (χ2v) is 11.3. The molecule has 0 aliphatic carbocycles. The molecule has 0 aromatic heterocycles. The molecule has 1 heterocycles. The first-order valence-electron chi connectivity index (χ1n) is 12.6. The minimum Gasteiger partial charge on any atom is -0.350 e. The zero-order valence-corrected chi connectivity index (χ0v) is 21.9. The molecule has 3 aromatic rings. The Hall–Kier alpha value is -3.16. The van der Waals surface area contributed by atoms with Crippen molar-refractivity contribution in [3.63, 3.8) is 0 Å². The molecule has 1 aliphatic rings. The minimum absolute atomic E-state index is 0.158. The molecule has 1 amide bonds. The van der Waals surface area contributed by atoms with Crippen LogP contribution in [0.4, 0.5) is 5.69 Å². The Balaban J connectivity index is 1.53. The monoisotopic (exact) mass is 505 g/mol. The van der Waals surface area contributed by atoms with E-state index in [4.69, 9.17) is 0 Å². The summed E-state index contributed by atoms with van der Waals surface area (Å²) in [7, 11) is -3.93. The number of anilines is 1. The molecule has 3 aromatic carbocycles. The number of piperidine rings is 1. The fourth-order valence-electron chi connectivity index (χ4n) is 4.65. The van der Waals surface area contributed by atoms with Crippen LogP contribution in [-0.4, -0.2) is 38.9 Å². The predicted octanol–water partition coefficient (Wildman–Crippen LogP) is 4.80. The first-order valence-corrected chi connectivity index (χ1v) is 14.0. The molecule has 0 spiro atoms. The second kappa shape index (κ2) is 11.7. The molecule has 1 saturated heterocycles. The van der Waals surface area contributed by atoms with Crippen LogP contribution in [0.5, 0.6) is 0 Å². The van der Waals surface area contributed by atoms with E-state index in [1.165, 1.54) is 29.1 Å². The lowest BCUT2D eigenvalue weighted by Gasteiger charge is -2.27. The van der Waals surface area contributed by atoms with Gasteiger partial charge in [-0.1, -0.05) is 61.0 Å².